The first-order valence-electron chi connectivity index (χ1n) is 7.56. The molecule has 2 aromatic heterocycles. The summed E-state index contributed by atoms with van der Waals surface area (Å²) in [4.78, 5) is 16.7. The summed E-state index contributed by atoms with van der Waals surface area (Å²) in [6, 6.07) is 15.3. The van der Waals surface area contributed by atoms with Crippen molar-refractivity contribution in [1.29, 1.82) is 0 Å². The maximum Gasteiger partial charge on any atom is 0.236 e. The summed E-state index contributed by atoms with van der Waals surface area (Å²) < 4.78 is 1.99. The van der Waals surface area contributed by atoms with Crippen molar-refractivity contribution in [3.05, 3.63) is 53.6 Å². The molecule has 2 aromatic carbocycles. The van der Waals surface area contributed by atoms with Gasteiger partial charge in [0.25, 0.3) is 0 Å². The number of aromatic nitrogens is 3. The van der Waals surface area contributed by atoms with E-state index in [9.17, 15) is 4.79 Å². The molecule has 0 aliphatic rings. The molecule has 1 amide bonds. The maximum absolute atomic E-state index is 12.2. The third-order valence-electron chi connectivity index (χ3n) is 3.38. The van der Waals surface area contributed by atoms with Crippen molar-refractivity contribution < 1.29 is 4.79 Å². The molecular weight excluding hydrogens is 408 g/mol. The van der Waals surface area contributed by atoms with Gasteiger partial charge in [-0.3, -0.25) is 10.1 Å². The quantitative estimate of drug-likeness (QED) is 0.451. The molecule has 130 valence electrons. The van der Waals surface area contributed by atoms with Crippen LogP contribution < -0.4 is 5.32 Å². The van der Waals surface area contributed by atoms with Crippen molar-refractivity contribution in [3.63, 3.8) is 0 Å². The van der Waals surface area contributed by atoms with Crippen LogP contribution in [0.3, 0.4) is 0 Å². The standard InChI is InChI=1S/C17H11ClN4OS3/c18-11-6-2-1-5-10(11)15-21-22-16(26-15)20-14(23)9-24-17-19-12-7-3-4-8-13(12)25-17/h1-8H,9H2,(H,20,22,23). The van der Waals surface area contributed by atoms with Gasteiger partial charge in [0, 0.05) is 5.56 Å². The molecule has 0 atom stereocenters. The average Bonchev–Trinajstić information content (AvgIpc) is 3.27. The summed E-state index contributed by atoms with van der Waals surface area (Å²) in [5.41, 5.74) is 1.75. The molecule has 0 spiro atoms. The molecule has 4 aromatic rings. The molecule has 0 unspecified atom stereocenters. The van der Waals surface area contributed by atoms with Crippen LogP contribution in [0.25, 0.3) is 20.8 Å². The second-order valence-corrected chi connectivity index (χ2v) is 8.81. The number of fused-ring (bicyclic) bond motifs is 1. The van der Waals surface area contributed by atoms with Crippen LogP contribution in [0.5, 0.6) is 0 Å². The van der Waals surface area contributed by atoms with Gasteiger partial charge in [0.2, 0.25) is 11.0 Å². The lowest BCUT2D eigenvalue weighted by Crippen LogP contribution is -2.13. The van der Waals surface area contributed by atoms with Gasteiger partial charge in [-0.2, -0.15) is 0 Å². The predicted molar refractivity (Wildman–Crippen MR) is 109 cm³/mol. The highest BCUT2D eigenvalue weighted by molar-refractivity contribution is 8.01. The van der Waals surface area contributed by atoms with E-state index in [-0.39, 0.29) is 11.7 Å². The van der Waals surface area contributed by atoms with E-state index in [0.717, 1.165) is 20.1 Å². The predicted octanol–water partition coefficient (Wildman–Crippen LogP) is 5.20. The second-order valence-electron chi connectivity index (χ2n) is 5.18. The van der Waals surface area contributed by atoms with Gasteiger partial charge in [0.05, 0.1) is 21.0 Å². The Balaban J connectivity index is 1.38. The molecule has 0 bridgehead atoms. The first-order valence-corrected chi connectivity index (χ1v) is 10.6. The molecule has 0 aliphatic carbocycles. The van der Waals surface area contributed by atoms with Crippen LogP contribution in [-0.4, -0.2) is 26.8 Å². The lowest BCUT2D eigenvalue weighted by molar-refractivity contribution is -0.113. The SMILES string of the molecule is O=C(CSc1nc2ccccc2s1)Nc1nnc(-c2ccccc2Cl)s1. The van der Waals surface area contributed by atoms with E-state index in [1.165, 1.54) is 23.1 Å². The number of para-hydroxylation sites is 1. The fourth-order valence-electron chi connectivity index (χ4n) is 2.21. The zero-order valence-electron chi connectivity index (χ0n) is 13.2. The number of hydrogen-bond donors (Lipinski definition) is 1. The van der Waals surface area contributed by atoms with Crippen LogP contribution >= 0.6 is 46.0 Å². The van der Waals surface area contributed by atoms with Crippen molar-refractivity contribution in [2.75, 3.05) is 11.1 Å². The summed E-state index contributed by atoms with van der Waals surface area (Å²) in [7, 11) is 0. The number of hydrogen-bond acceptors (Lipinski definition) is 7. The number of nitrogens with one attached hydrogen (secondary N) is 1. The fraction of sp³-hybridized carbons (Fsp3) is 0.0588. The van der Waals surface area contributed by atoms with Gasteiger partial charge in [0.1, 0.15) is 0 Å². The Morgan fingerprint density at radius 2 is 1.88 bits per heavy atom. The van der Waals surface area contributed by atoms with Crippen molar-refractivity contribution >= 4 is 67.3 Å². The summed E-state index contributed by atoms with van der Waals surface area (Å²) in [6.07, 6.45) is 0. The topological polar surface area (TPSA) is 67.8 Å². The molecule has 0 saturated carbocycles. The number of thiazole rings is 1. The Hall–Kier alpha value is -2.00. The van der Waals surface area contributed by atoms with E-state index in [0.29, 0.717) is 15.2 Å². The fourth-order valence-corrected chi connectivity index (χ4v) is 5.16. The van der Waals surface area contributed by atoms with Crippen LogP contribution in [0.4, 0.5) is 5.13 Å². The molecule has 0 saturated heterocycles. The van der Waals surface area contributed by atoms with Gasteiger partial charge in [-0.25, -0.2) is 4.98 Å². The zero-order chi connectivity index (χ0) is 17.9. The van der Waals surface area contributed by atoms with Crippen LogP contribution in [0.1, 0.15) is 0 Å². The highest BCUT2D eigenvalue weighted by Crippen LogP contribution is 2.32. The van der Waals surface area contributed by atoms with Crippen LogP contribution in [0, 0.1) is 0 Å². The minimum atomic E-state index is -0.142. The number of benzene rings is 2. The smallest absolute Gasteiger partial charge is 0.236 e. The Kier molecular flexibility index (Phi) is 5.16. The lowest BCUT2D eigenvalue weighted by atomic mass is 10.2. The molecular formula is C17H11ClN4OS3. The Morgan fingerprint density at radius 3 is 2.73 bits per heavy atom. The van der Waals surface area contributed by atoms with E-state index in [1.54, 1.807) is 17.4 Å². The summed E-state index contributed by atoms with van der Waals surface area (Å²) in [5.74, 6) is 0.122. The average molecular weight is 419 g/mol. The Labute approximate surface area is 166 Å². The van der Waals surface area contributed by atoms with E-state index in [1.807, 2.05) is 42.5 Å². The number of rotatable bonds is 5. The van der Waals surface area contributed by atoms with Gasteiger partial charge in [-0.05, 0) is 18.2 Å². The van der Waals surface area contributed by atoms with Gasteiger partial charge in [-0.15, -0.1) is 21.5 Å². The molecule has 0 fully saturated rings. The van der Waals surface area contributed by atoms with Gasteiger partial charge in [-0.1, -0.05) is 65.0 Å². The molecule has 4 rings (SSSR count). The zero-order valence-corrected chi connectivity index (χ0v) is 16.4. The van der Waals surface area contributed by atoms with Crippen molar-refractivity contribution in [1.82, 2.24) is 15.2 Å². The van der Waals surface area contributed by atoms with E-state index >= 15 is 0 Å². The molecule has 0 radical (unpaired) electrons. The number of thioether (sulfide) groups is 1. The Morgan fingerprint density at radius 1 is 1.08 bits per heavy atom. The molecule has 2 heterocycles. The van der Waals surface area contributed by atoms with E-state index in [2.05, 4.69) is 20.5 Å². The third kappa shape index (κ3) is 3.88. The van der Waals surface area contributed by atoms with Crippen molar-refractivity contribution in [3.8, 4) is 10.6 Å². The molecule has 9 heteroatoms. The van der Waals surface area contributed by atoms with Gasteiger partial charge < -0.3 is 0 Å². The van der Waals surface area contributed by atoms with Crippen LogP contribution in [0.15, 0.2) is 52.9 Å². The number of nitrogens with zero attached hydrogens (tertiary/aromatic N) is 3. The van der Waals surface area contributed by atoms with Gasteiger partial charge >= 0.3 is 0 Å². The number of amides is 1. The molecule has 1 N–H and O–H groups in total. The summed E-state index contributed by atoms with van der Waals surface area (Å²) in [6.45, 7) is 0. The van der Waals surface area contributed by atoms with Gasteiger partial charge in [0.15, 0.2) is 9.35 Å². The lowest BCUT2D eigenvalue weighted by Gasteiger charge is -1.99. The normalized spacial score (nSPS) is 11.0. The van der Waals surface area contributed by atoms with Crippen molar-refractivity contribution in [2.24, 2.45) is 0 Å². The highest BCUT2D eigenvalue weighted by atomic mass is 35.5. The minimum Gasteiger partial charge on any atom is -0.300 e. The monoisotopic (exact) mass is 418 g/mol. The first kappa shape index (κ1) is 17.4. The molecule has 26 heavy (non-hydrogen) atoms. The minimum absolute atomic E-state index is 0.142. The summed E-state index contributed by atoms with van der Waals surface area (Å²) >= 11 is 10.5. The van der Waals surface area contributed by atoms with E-state index in [4.69, 9.17) is 11.6 Å². The molecule has 0 aliphatic heterocycles. The van der Waals surface area contributed by atoms with E-state index < -0.39 is 0 Å². The Bertz CT molecular complexity index is 1050. The first-order chi connectivity index (χ1) is 12.7. The summed E-state index contributed by atoms with van der Waals surface area (Å²) in [5, 5.41) is 12.6. The maximum atomic E-state index is 12.2. The number of carbonyl (C=O) groups is 1. The van der Waals surface area contributed by atoms with Crippen molar-refractivity contribution in [2.45, 2.75) is 4.34 Å². The van der Waals surface area contributed by atoms with Crippen LogP contribution in [0.2, 0.25) is 5.02 Å². The number of anilines is 1. The second kappa shape index (κ2) is 7.71. The largest absolute Gasteiger partial charge is 0.300 e. The molecule has 5 nitrogen and oxygen atoms in total. The van der Waals surface area contributed by atoms with Crippen LogP contribution in [-0.2, 0) is 4.79 Å². The third-order valence-corrected chi connectivity index (χ3v) is 6.76. The highest BCUT2D eigenvalue weighted by Gasteiger charge is 2.13. The number of carbonyl (C=O) groups excluding carboxylic acids is 1. The number of halogens is 1.